The molecule has 5 heteroatoms. The van der Waals surface area contributed by atoms with Crippen molar-refractivity contribution >= 4 is 27.5 Å². The van der Waals surface area contributed by atoms with Crippen molar-refractivity contribution in [2.75, 3.05) is 6.54 Å². The Morgan fingerprint density at radius 1 is 1.35 bits per heavy atom. The Balaban J connectivity index is 2.07. The number of rotatable bonds is 4. The van der Waals surface area contributed by atoms with Gasteiger partial charge in [-0.2, -0.15) is 0 Å². The van der Waals surface area contributed by atoms with Crippen LogP contribution in [0.3, 0.4) is 0 Å². The second-order valence-electron chi connectivity index (χ2n) is 5.65. The van der Waals surface area contributed by atoms with Crippen LogP contribution in [0, 0.1) is 0 Å². The van der Waals surface area contributed by atoms with Crippen LogP contribution in [-0.2, 0) is 6.42 Å². The van der Waals surface area contributed by atoms with Gasteiger partial charge in [0.1, 0.15) is 0 Å². The van der Waals surface area contributed by atoms with Crippen molar-refractivity contribution in [1.29, 1.82) is 0 Å². The lowest BCUT2D eigenvalue weighted by molar-refractivity contribution is 0.412. The van der Waals surface area contributed by atoms with Crippen LogP contribution in [0.2, 0.25) is 5.02 Å². The van der Waals surface area contributed by atoms with Crippen LogP contribution in [0.25, 0.3) is 11.3 Å². The van der Waals surface area contributed by atoms with Gasteiger partial charge in [-0.15, -0.1) is 0 Å². The zero-order valence-electron chi connectivity index (χ0n) is 11.8. The van der Waals surface area contributed by atoms with E-state index in [0.717, 1.165) is 23.0 Å². The predicted octanol–water partition coefficient (Wildman–Crippen LogP) is 4.69. The number of aromatic nitrogens is 1. The van der Waals surface area contributed by atoms with Gasteiger partial charge in [-0.1, -0.05) is 17.7 Å². The van der Waals surface area contributed by atoms with E-state index in [1.807, 2.05) is 18.2 Å². The molecule has 0 radical (unpaired) electrons. The first-order valence-corrected chi connectivity index (χ1v) is 7.68. The van der Waals surface area contributed by atoms with E-state index in [-0.39, 0.29) is 5.54 Å². The van der Waals surface area contributed by atoms with E-state index >= 15 is 0 Å². The highest BCUT2D eigenvalue weighted by molar-refractivity contribution is 9.10. The number of hydrogen-bond donors (Lipinski definition) is 1. The van der Waals surface area contributed by atoms with Crippen molar-refractivity contribution in [3.05, 3.63) is 39.8 Å². The van der Waals surface area contributed by atoms with Crippen LogP contribution in [0.1, 0.15) is 26.7 Å². The summed E-state index contributed by atoms with van der Waals surface area (Å²) in [5.74, 6) is 1.41. The highest BCUT2D eigenvalue weighted by Crippen LogP contribution is 2.33. The predicted molar refractivity (Wildman–Crippen MR) is 86.1 cm³/mol. The average Bonchev–Trinajstić information content (AvgIpc) is 2.79. The summed E-state index contributed by atoms with van der Waals surface area (Å²) in [4.78, 5) is 4.30. The number of hydrogen-bond acceptors (Lipinski definition) is 3. The number of nitrogens with zero attached hydrogens (tertiary/aromatic N) is 1. The number of benzene rings is 1. The van der Waals surface area contributed by atoms with Crippen molar-refractivity contribution in [2.24, 2.45) is 0 Å². The van der Waals surface area contributed by atoms with Gasteiger partial charge in [0.15, 0.2) is 11.7 Å². The average molecular weight is 358 g/mol. The summed E-state index contributed by atoms with van der Waals surface area (Å²) in [5.41, 5.74) is 0.951. The minimum atomic E-state index is 0.100. The molecule has 1 heterocycles. The van der Waals surface area contributed by atoms with Gasteiger partial charge < -0.3 is 9.73 Å². The van der Waals surface area contributed by atoms with Crippen molar-refractivity contribution in [3.8, 4) is 11.3 Å². The molecule has 108 valence electrons. The van der Waals surface area contributed by atoms with Crippen LogP contribution in [0.15, 0.2) is 33.3 Å². The lowest BCUT2D eigenvalue weighted by atomic mass is 10.1. The Bertz CT molecular complexity index is 590. The van der Waals surface area contributed by atoms with E-state index in [2.05, 4.69) is 47.0 Å². The molecule has 1 aromatic carbocycles. The molecule has 0 atom stereocenters. The fraction of sp³-hybridized carbons (Fsp3) is 0.400. The maximum Gasteiger partial charge on any atom is 0.196 e. The molecular formula is C15H18BrClN2O. The van der Waals surface area contributed by atoms with Crippen LogP contribution < -0.4 is 5.32 Å². The van der Waals surface area contributed by atoms with Crippen LogP contribution in [0.5, 0.6) is 0 Å². The van der Waals surface area contributed by atoms with Gasteiger partial charge in [-0.05, 0) is 48.8 Å². The van der Waals surface area contributed by atoms with Gasteiger partial charge in [-0.25, -0.2) is 4.98 Å². The van der Waals surface area contributed by atoms with Gasteiger partial charge in [0.05, 0.1) is 11.2 Å². The van der Waals surface area contributed by atoms with E-state index in [4.69, 9.17) is 16.0 Å². The van der Waals surface area contributed by atoms with Gasteiger partial charge in [0.2, 0.25) is 0 Å². The minimum absolute atomic E-state index is 0.100. The Labute approximate surface area is 132 Å². The largest absolute Gasteiger partial charge is 0.441 e. The van der Waals surface area contributed by atoms with E-state index in [1.54, 1.807) is 6.20 Å². The molecule has 0 aliphatic carbocycles. The minimum Gasteiger partial charge on any atom is -0.441 e. The molecule has 0 aliphatic rings. The Hall–Kier alpha value is -0.840. The molecule has 20 heavy (non-hydrogen) atoms. The Morgan fingerprint density at radius 2 is 2.10 bits per heavy atom. The zero-order valence-corrected chi connectivity index (χ0v) is 14.2. The molecule has 2 aromatic rings. The van der Waals surface area contributed by atoms with Crippen LogP contribution in [0.4, 0.5) is 0 Å². The summed E-state index contributed by atoms with van der Waals surface area (Å²) < 4.78 is 6.61. The normalized spacial score (nSPS) is 11.8. The summed E-state index contributed by atoms with van der Waals surface area (Å²) in [6.07, 6.45) is 2.48. The maximum absolute atomic E-state index is 6.25. The molecule has 0 amide bonds. The van der Waals surface area contributed by atoms with Gasteiger partial charge in [0, 0.05) is 28.5 Å². The SMILES string of the molecule is CC(C)(C)NCCc1ncc(-c2cccc(Br)c2Cl)o1. The smallest absolute Gasteiger partial charge is 0.196 e. The molecule has 0 saturated carbocycles. The number of nitrogens with one attached hydrogen (secondary N) is 1. The Morgan fingerprint density at radius 3 is 2.80 bits per heavy atom. The second kappa shape index (κ2) is 6.29. The molecule has 0 aliphatic heterocycles. The Kier molecular flexibility index (Phi) is 4.89. The number of halogens is 2. The summed E-state index contributed by atoms with van der Waals surface area (Å²) in [7, 11) is 0. The van der Waals surface area contributed by atoms with Crippen molar-refractivity contribution in [3.63, 3.8) is 0 Å². The molecule has 0 bridgehead atoms. The van der Waals surface area contributed by atoms with E-state index in [0.29, 0.717) is 16.7 Å². The van der Waals surface area contributed by atoms with E-state index in [9.17, 15) is 0 Å². The van der Waals surface area contributed by atoms with Gasteiger partial charge >= 0.3 is 0 Å². The highest BCUT2D eigenvalue weighted by atomic mass is 79.9. The van der Waals surface area contributed by atoms with Crippen molar-refractivity contribution in [1.82, 2.24) is 10.3 Å². The van der Waals surface area contributed by atoms with Crippen molar-refractivity contribution < 1.29 is 4.42 Å². The first-order chi connectivity index (χ1) is 9.37. The highest BCUT2D eigenvalue weighted by Gasteiger charge is 2.13. The fourth-order valence-electron chi connectivity index (χ4n) is 1.79. The zero-order chi connectivity index (χ0) is 14.8. The van der Waals surface area contributed by atoms with Gasteiger partial charge in [0.25, 0.3) is 0 Å². The van der Waals surface area contributed by atoms with Crippen LogP contribution >= 0.6 is 27.5 Å². The summed E-state index contributed by atoms with van der Waals surface area (Å²) in [6, 6.07) is 5.75. The first kappa shape index (κ1) is 15.5. The molecule has 2 rings (SSSR count). The molecule has 0 saturated heterocycles. The topological polar surface area (TPSA) is 38.1 Å². The molecule has 1 N–H and O–H groups in total. The quantitative estimate of drug-likeness (QED) is 0.862. The van der Waals surface area contributed by atoms with Crippen LogP contribution in [-0.4, -0.2) is 17.1 Å². The van der Waals surface area contributed by atoms with Crippen molar-refractivity contribution in [2.45, 2.75) is 32.7 Å². The molecule has 0 fully saturated rings. The first-order valence-electron chi connectivity index (χ1n) is 6.51. The maximum atomic E-state index is 6.25. The molecule has 0 spiro atoms. The molecule has 1 aromatic heterocycles. The third-order valence-electron chi connectivity index (χ3n) is 2.76. The lowest BCUT2D eigenvalue weighted by Crippen LogP contribution is -2.37. The summed E-state index contributed by atoms with van der Waals surface area (Å²) >= 11 is 9.66. The standard InChI is InChI=1S/C15H18BrClN2O/c1-15(2,3)19-8-7-13-18-9-12(20-13)10-5-4-6-11(16)14(10)17/h4-6,9,19H,7-8H2,1-3H3. The van der Waals surface area contributed by atoms with Gasteiger partial charge in [-0.3, -0.25) is 0 Å². The number of oxazole rings is 1. The summed E-state index contributed by atoms with van der Waals surface area (Å²) in [6.45, 7) is 7.23. The molecule has 3 nitrogen and oxygen atoms in total. The summed E-state index contributed by atoms with van der Waals surface area (Å²) in [5, 5.41) is 4.05. The monoisotopic (exact) mass is 356 g/mol. The third-order valence-corrected chi connectivity index (χ3v) is 4.06. The second-order valence-corrected chi connectivity index (χ2v) is 6.88. The van der Waals surface area contributed by atoms with E-state index in [1.165, 1.54) is 0 Å². The van der Waals surface area contributed by atoms with E-state index < -0.39 is 0 Å². The fourth-order valence-corrected chi connectivity index (χ4v) is 2.37. The molecule has 0 unspecified atom stereocenters. The third kappa shape index (κ3) is 4.08. The lowest BCUT2D eigenvalue weighted by Gasteiger charge is -2.19. The molecular weight excluding hydrogens is 340 g/mol.